The SMILES string of the molecule is Nc1cnc(Cl)nc1NCc1ccoc1. The van der Waals surface area contributed by atoms with Crippen LogP contribution in [0, 0.1) is 0 Å². The number of nitrogens with zero attached hydrogens (tertiary/aromatic N) is 2. The number of nitrogens with one attached hydrogen (secondary N) is 1. The number of nitrogens with two attached hydrogens (primary N) is 1. The standard InChI is InChI=1S/C9H9ClN4O/c10-9-13-4-7(11)8(14-9)12-3-6-1-2-15-5-6/h1-2,4-5H,3,11H2,(H,12,13,14). The molecule has 0 amide bonds. The molecular formula is C9H9ClN4O. The highest BCUT2D eigenvalue weighted by Crippen LogP contribution is 2.16. The lowest BCUT2D eigenvalue weighted by molar-refractivity contribution is 0.564. The van der Waals surface area contributed by atoms with Crippen LogP contribution in [0.2, 0.25) is 5.28 Å². The molecule has 0 saturated heterocycles. The molecule has 15 heavy (non-hydrogen) atoms. The van der Waals surface area contributed by atoms with E-state index in [1.165, 1.54) is 6.20 Å². The smallest absolute Gasteiger partial charge is 0.224 e. The Labute approximate surface area is 91.3 Å². The van der Waals surface area contributed by atoms with E-state index in [1.807, 2.05) is 6.07 Å². The zero-order chi connectivity index (χ0) is 10.7. The van der Waals surface area contributed by atoms with E-state index in [4.69, 9.17) is 21.8 Å². The van der Waals surface area contributed by atoms with E-state index in [-0.39, 0.29) is 5.28 Å². The largest absolute Gasteiger partial charge is 0.472 e. The fourth-order valence-corrected chi connectivity index (χ4v) is 1.22. The fraction of sp³-hybridized carbons (Fsp3) is 0.111. The van der Waals surface area contributed by atoms with Crippen molar-refractivity contribution in [1.29, 1.82) is 0 Å². The van der Waals surface area contributed by atoms with Crippen LogP contribution >= 0.6 is 11.6 Å². The Morgan fingerprint density at radius 2 is 2.40 bits per heavy atom. The summed E-state index contributed by atoms with van der Waals surface area (Å²) in [5.74, 6) is 0.524. The molecule has 2 aromatic heterocycles. The molecule has 0 aliphatic carbocycles. The van der Waals surface area contributed by atoms with Gasteiger partial charge in [-0.2, -0.15) is 4.98 Å². The molecule has 0 spiro atoms. The third kappa shape index (κ3) is 2.38. The van der Waals surface area contributed by atoms with Gasteiger partial charge in [-0.05, 0) is 17.7 Å². The normalized spacial score (nSPS) is 10.2. The summed E-state index contributed by atoms with van der Waals surface area (Å²) in [4.78, 5) is 7.71. The molecule has 0 radical (unpaired) electrons. The van der Waals surface area contributed by atoms with Gasteiger partial charge in [0.1, 0.15) is 0 Å². The van der Waals surface area contributed by atoms with Gasteiger partial charge in [-0.1, -0.05) is 0 Å². The van der Waals surface area contributed by atoms with Gasteiger partial charge < -0.3 is 15.5 Å². The maximum Gasteiger partial charge on any atom is 0.224 e. The highest BCUT2D eigenvalue weighted by molar-refractivity contribution is 6.28. The number of hydrogen-bond acceptors (Lipinski definition) is 5. The first kappa shape index (κ1) is 9.79. The number of rotatable bonds is 3. The van der Waals surface area contributed by atoms with Crippen molar-refractivity contribution in [3.8, 4) is 0 Å². The quantitative estimate of drug-likeness (QED) is 0.779. The molecule has 5 nitrogen and oxygen atoms in total. The van der Waals surface area contributed by atoms with Gasteiger partial charge >= 0.3 is 0 Å². The van der Waals surface area contributed by atoms with E-state index < -0.39 is 0 Å². The average Bonchev–Trinajstić information content (AvgIpc) is 2.72. The molecule has 3 N–H and O–H groups in total. The summed E-state index contributed by atoms with van der Waals surface area (Å²) in [6.45, 7) is 0.577. The first-order valence-corrected chi connectivity index (χ1v) is 4.66. The van der Waals surface area contributed by atoms with Crippen LogP contribution in [-0.2, 0) is 6.54 Å². The summed E-state index contributed by atoms with van der Waals surface area (Å²) in [5, 5.41) is 3.20. The molecule has 2 rings (SSSR count). The van der Waals surface area contributed by atoms with Gasteiger partial charge in [0.05, 0.1) is 24.4 Å². The molecular weight excluding hydrogens is 216 g/mol. The number of anilines is 2. The van der Waals surface area contributed by atoms with Gasteiger partial charge in [0, 0.05) is 12.1 Å². The van der Waals surface area contributed by atoms with Crippen molar-refractivity contribution < 1.29 is 4.42 Å². The molecule has 0 atom stereocenters. The van der Waals surface area contributed by atoms with Crippen LogP contribution in [0.15, 0.2) is 29.2 Å². The van der Waals surface area contributed by atoms with Crippen molar-refractivity contribution in [2.75, 3.05) is 11.1 Å². The maximum absolute atomic E-state index is 5.66. The molecule has 0 aromatic carbocycles. The lowest BCUT2D eigenvalue weighted by atomic mass is 10.3. The Balaban J connectivity index is 2.07. The minimum Gasteiger partial charge on any atom is -0.472 e. The molecule has 0 unspecified atom stereocenters. The van der Waals surface area contributed by atoms with Crippen LogP contribution in [0.4, 0.5) is 11.5 Å². The van der Waals surface area contributed by atoms with E-state index in [0.29, 0.717) is 18.1 Å². The highest BCUT2D eigenvalue weighted by Gasteiger charge is 2.02. The minimum absolute atomic E-state index is 0.166. The molecule has 0 aliphatic rings. The summed E-state index contributed by atoms with van der Waals surface area (Å²) in [6, 6.07) is 1.85. The molecule has 78 valence electrons. The third-order valence-corrected chi connectivity index (χ3v) is 2.01. The van der Waals surface area contributed by atoms with Gasteiger partial charge in [-0.3, -0.25) is 0 Å². The Morgan fingerprint density at radius 3 is 3.13 bits per heavy atom. The van der Waals surface area contributed by atoms with Crippen molar-refractivity contribution >= 4 is 23.1 Å². The summed E-state index contributed by atoms with van der Waals surface area (Å²) < 4.78 is 4.93. The van der Waals surface area contributed by atoms with Crippen LogP contribution in [0.5, 0.6) is 0 Å². The van der Waals surface area contributed by atoms with Gasteiger partial charge in [-0.15, -0.1) is 0 Å². The summed E-state index contributed by atoms with van der Waals surface area (Å²) in [5.41, 5.74) is 7.12. The van der Waals surface area contributed by atoms with Crippen LogP contribution in [0.3, 0.4) is 0 Å². The summed E-state index contributed by atoms with van der Waals surface area (Å²) in [6.07, 6.45) is 4.71. The summed E-state index contributed by atoms with van der Waals surface area (Å²) in [7, 11) is 0. The molecule has 0 aliphatic heterocycles. The molecule has 0 fully saturated rings. The second-order valence-corrected chi connectivity index (χ2v) is 3.27. The first-order chi connectivity index (χ1) is 7.25. The second kappa shape index (κ2) is 4.18. The van der Waals surface area contributed by atoms with E-state index in [2.05, 4.69) is 15.3 Å². The van der Waals surface area contributed by atoms with Crippen molar-refractivity contribution in [2.45, 2.75) is 6.54 Å². The van der Waals surface area contributed by atoms with Crippen molar-refractivity contribution in [3.05, 3.63) is 35.6 Å². The molecule has 2 aromatic rings. The van der Waals surface area contributed by atoms with Gasteiger partial charge in [0.15, 0.2) is 5.82 Å². The first-order valence-electron chi connectivity index (χ1n) is 4.28. The van der Waals surface area contributed by atoms with Crippen LogP contribution < -0.4 is 11.1 Å². The number of hydrogen-bond donors (Lipinski definition) is 2. The monoisotopic (exact) mass is 224 g/mol. The Hall–Kier alpha value is -1.75. The zero-order valence-electron chi connectivity index (χ0n) is 7.77. The highest BCUT2D eigenvalue weighted by atomic mass is 35.5. The Kier molecular flexibility index (Phi) is 2.73. The lowest BCUT2D eigenvalue weighted by Gasteiger charge is -2.06. The fourth-order valence-electron chi connectivity index (χ4n) is 1.09. The lowest BCUT2D eigenvalue weighted by Crippen LogP contribution is -2.04. The number of aromatic nitrogens is 2. The van der Waals surface area contributed by atoms with E-state index in [0.717, 1.165) is 5.56 Å². The number of furan rings is 1. The predicted molar refractivity (Wildman–Crippen MR) is 57.5 cm³/mol. The number of nitrogen functional groups attached to an aromatic ring is 1. The van der Waals surface area contributed by atoms with Gasteiger partial charge in [0.25, 0.3) is 0 Å². The van der Waals surface area contributed by atoms with Crippen LogP contribution in [0.1, 0.15) is 5.56 Å². The zero-order valence-corrected chi connectivity index (χ0v) is 8.53. The van der Waals surface area contributed by atoms with Crippen LogP contribution in [0.25, 0.3) is 0 Å². The van der Waals surface area contributed by atoms with Crippen molar-refractivity contribution in [2.24, 2.45) is 0 Å². The predicted octanol–water partition coefficient (Wildman–Crippen LogP) is 1.92. The molecule has 0 saturated carbocycles. The van der Waals surface area contributed by atoms with Gasteiger partial charge in [-0.25, -0.2) is 4.98 Å². The Morgan fingerprint density at radius 1 is 1.53 bits per heavy atom. The molecule has 6 heteroatoms. The summed E-state index contributed by atoms with van der Waals surface area (Å²) >= 11 is 5.64. The molecule has 2 heterocycles. The maximum atomic E-state index is 5.66. The Bertz CT molecular complexity index is 443. The molecule has 0 bridgehead atoms. The van der Waals surface area contributed by atoms with Gasteiger partial charge in [0.2, 0.25) is 5.28 Å². The van der Waals surface area contributed by atoms with E-state index in [1.54, 1.807) is 12.5 Å². The van der Waals surface area contributed by atoms with E-state index >= 15 is 0 Å². The average molecular weight is 225 g/mol. The number of halogens is 1. The van der Waals surface area contributed by atoms with Crippen LogP contribution in [-0.4, -0.2) is 9.97 Å². The third-order valence-electron chi connectivity index (χ3n) is 1.83. The second-order valence-electron chi connectivity index (χ2n) is 2.93. The minimum atomic E-state index is 0.166. The van der Waals surface area contributed by atoms with Crippen molar-refractivity contribution in [3.63, 3.8) is 0 Å². The topological polar surface area (TPSA) is 77.0 Å². The van der Waals surface area contributed by atoms with E-state index in [9.17, 15) is 0 Å². The van der Waals surface area contributed by atoms with Crippen molar-refractivity contribution in [1.82, 2.24) is 9.97 Å².